The molecule has 1 aliphatic carbocycles. The zero-order chi connectivity index (χ0) is 15.2. The standard InChI is InChI=1S/C16H30N2OS/c1-4-10-16(11-5-2,14(17)20)15(19)18(3)12-13-8-6-7-9-13/h13H,4-12H2,1-3H3,(H2,17,20). The minimum Gasteiger partial charge on any atom is -0.392 e. The number of amides is 1. The van der Waals surface area contributed by atoms with Gasteiger partial charge in [0, 0.05) is 13.6 Å². The summed E-state index contributed by atoms with van der Waals surface area (Å²) in [4.78, 5) is 15.2. The minimum atomic E-state index is -0.619. The first-order valence-electron chi connectivity index (χ1n) is 8.03. The molecule has 20 heavy (non-hydrogen) atoms. The van der Waals surface area contributed by atoms with Crippen molar-refractivity contribution in [1.82, 2.24) is 4.90 Å². The molecule has 0 aromatic carbocycles. The first kappa shape index (κ1) is 17.4. The van der Waals surface area contributed by atoms with E-state index >= 15 is 0 Å². The first-order chi connectivity index (χ1) is 9.47. The van der Waals surface area contributed by atoms with Crippen LogP contribution in [0.1, 0.15) is 65.2 Å². The Balaban J connectivity index is 2.81. The van der Waals surface area contributed by atoms with Crippen molar-refractivity contribution in [3.63, 3.8) is 0 Å². The number of nitrogens with two attached hydrogens (primary N) is 1. The van der Waals surface area contributed by atoms with E-state index in [0.29, 0.717) is 10.9 Å². The molecule has 1 rings (SSSR count). The summed E-state index contributed by atoms with van der Waals surface area (Å²) >= 11 is 5.27. The zero-order valence-electron chi connectivity index (χ0n) is 13.3. The average Bonchev–Trinajstić information content (AvgIpc) is 2.90. The molecule has 0 saturated heterocycles. The Morgan fingerprint density at radius 1 is 1.25 bits per heavy atom. The van der Waals surface area contributed by atoms with E-state index in [1.807, 2.05) is 11.9 Å². The molecule has 4 heteroatoms. The van der Waals surface area contributed by atoms with Crippen LogP contribution in [0.2, 0.25) is 0 Å². The van der Waals surface area contributed by atoms with Crippen LogP contribution in [-0.4, -0.2) is 29.4 Å². The lowest BCUT2D eigenvalue weighted by Crippen LogP contribution is -2.50. The van der Waals surface area contributed by atoms with Gasteiger partial charge in [0.05, 0.1) is 10.4 Å². The highest BCUT2D eigenvalue weighted by Crippen LogP contribution is 2.34. The van der Waals surface area contributed by atoms with Crippen molar-refractivity contribution < 1.29 is 4.79 Å². The highest BCUT2D eigenvalue weighted by Gasteiger charge is 2.41. The molecule has 116 valence electrons. The molecule has 2 N–H and O–H groups in total. The van der Waals surface area contributed by atoms with Crippen LogP contribution in [-0.2, 0) is 4.79 Å². The Hall–Kier alpha value is -0.640. The van der Waals surface area contributed by atoms with Gasteiger partial charge in [0.1, 0.15) is 0 Å². The number of nitrogens with zero attached hydrogens (tertiary/aromatic N) is 1. The molecule has 0 unspecified atom stereocenters. The number of carbonyl (C=O) groups excluding carboxylic acids is 1. The largest absolute Gasteiger partial charge is 0.392 e. The zero-order valence-corrected chi connectivity index (χ0v) is 14.1. The molecule has 1 fully saturated rings. The molecule has 0 aliphatic heterocycles. The Kier molecular flexibility index (Phi) is 6.93. The topological polar surface area (TPSA) is 46.3 Å². The van der Waals surface area contributed by atoms with Gasteiger partial charge in [0.25, 0.3) is 0 Å². The molecular formula is C16H30N2OS. The molecule has 0 bridgehead atoms. The fourth-order valence-electron chi connectivity index (χ4n) is 3.57. The van der Waals surface area contributed by atoms with Gasteiger partial charge in [-0.05, 0) is 31.6 Å². The molecule has 0 radical (unpaired) electrons. The molecule has 0 atom stereocenters. The van der Waals surface area contributed by atoms with Gasteiger partial charge in [0.15, 0.2) is 0 Å². The van der Waals surface area contributed by atoms with Crippen molar-refractivity contribution in [2.45, 2.75) is 65.2 Å². The molecule has 0 aromatic heterocycles. The maximum Gasteiger partial charge on any atom is 0.235 e. The quantitative estimate of drug-likeness (QED) is 0.698. The first-order valence-corrected chi connectivity index (χ1v) is 8.44. The lowest BCUT2D eigenvalue weighted by atomic mass is 9.77. The van der Waals surface area contributed by atoms with Crippen LogP contribution in [0, 0.1) is 11.3 Å². The van der Waals surface area contributed by atoms with Gasteiger partial charge in [-0.1, -0.05) is 51.7 Å². The van der Waals surface area contributed by atoms with E-state index in [1.165, 1.54) is 25.7 Å². The second kappa shape index (κ2) is 7.96. The van der Waals surface area contributed by atoms with Crippen molar-refractivity contribution in [1.29, 1.82) is 0 Å². The van der Waals surface area contributed by atoms with Gasteiger partial charge in [-0.2, -0.15) is 0 Å². The Morgan fingerprint density at radius 3 is 2.15 bits per heavy atom. The normalized spacial score (nSPS) is 16.4. The van der Waals surface area contributed by atoms with Gasteiger partial charge < -0.3 is 10.6 Å². The van der Waals surface area contributed by atoms with Crippen molar-refractivity contribution in [3.8, 4) is 0 Å². The summed E-state index contributed by atoms with van der Waals surface area (Å²) in [5, 5.41) is 0. The Bertz CT molecular complexity index is 331. The molecule has 0 heterocycles. The van der Waals surface area contributed by atoms with Crippen LogP contribution >= 0.6 is 12.2 Å². The lowest BCUT2D eigenvalue weighted by Gasteiger charge is -2.35. The summed E-state index contributed by atoms with van der Waals surface area (Å²) < 4.78 is 0. The van der Waals surface area contributed by atoms with E-state index in [4.69, 9.17) is 18.0 Å². The van der Waals surface area contributed by atoms with Crippen LogP contribution in [0.15, 0.2) is 0 Å². The molecule has 1 saturated carbocycles. The third-order valence-electron chi connectivity index (χ3n) is 4.59. The molecular weight excluding hydrogens is 268 g/mol. The molecule has 1 amide bonds. The summed E-state index contributed by atoms with van der Waals surface area (Å²) in [5.41, 5.74) is 5.36. The summed E-state index contributed by atoms with van der Waals surface area (Å²) in [5.74, 6) is 0.803. The summed E-state index contributed by atoms with van der Waals surface area (Å²) in [6.07, 6.45) is 8.50. The van der Waals surface area contributed by atoms with Crippen LogP contribution in [0.3, 0.4) is 0 Å². The maximum absolute atomic E-state index is 12.9. The minimum absolute atomic E-state index is 0.139. The molecule has 0 aromatic rings. The van der Waals surface area contributed by atoms with Crippen molar-refractivity contribution >= 4 is 23.1 Å². The van der Waals surface area contributed by atoms with Gasteiger partial charge in [-0.15, -0.1) is 0 Å². The third kappa shape index (κ3) is 3.94. The molecule has 0 spiro atoms. The molecule has 3 nitrogen and oxygen atoms in total. The van der Waals surface area contributed by atoms with Crippen LogP contribution in [0.5, 0.6) is 0 Å². The second-order valence-corrected chi connectivity index (χ2v) is 6.72. The summed E-state index contributed by atoms with van der Waals surface area (Å²) in [7, 11) is 1.92. The smallest absolute Gasteiger partial charge is 0.235 e. The van der Waals surface area contributed by atoms with E-state index in [1.54, 1.807) is 0 Å². The number of hydrogen-bond acceptors (Lipinski definition) is 2. The van der Waals surface area contributed by atoms with Crippen molar-refractivity contribution in [2.24, 2.45) is 17.1 Å². The van der Waals surface area contributed by atoms with Crippen molar-refractivity contribution in [3.05, 3.63) is 0 Å². The Labute approximate surface area is 129 Å². The van der Waals surface area contributed by atoms with Crippen LogP contribution < -0.4 is 5.73 Å². The van der Waals surface area contributed by atoms with Crippen LogP contribution in [0.4, 0.5) is 0 Å². The van der Waals surface area contributed by atoms with Crippen LogP contribution in [0.25, 0.3) is 0 Å². The highest BCUT2D eigenvalue weighted by atomic mass is 32.1. The van der Waals surface area contributed by atoms with Gasteiger partial charge >= 0.3 is 0 Å². The fourth-order valence-corrected chi connectivity index (χ4v) is 3.86. The third-order valence-corrected chi connectivity index (χ3v) is 4.98. The average molecular weight is 298 g/mol. The fraction of sp³-hybridized carbons (Fsp3) is 0.875. The SMILES string of the molecule is CCCC(CCC)(C(=O)N(C)CC1CCCC1)C(N)=S. The Morgan fingerprint density at radius 2 is 1.75 bits per heavy atom. The van der Waals surface area contributed by atoms with E-state index in [9.17, 15) is 4.79 Å². The number of thiocarbonyl (C=S) groups is 1. The number of rotatable bonds is 8. The number of carbonyl (C=O) groups is 1. The predicted octanol–water partition coefficient (Wildman–Crippen LogP) is 3.51. The van der Waals surface area contributed by atoms with E-state index in [2.05, 4.69) is 13.8 Å². The highest BCUT2D eigenvalue weighted by molar-refractivity contribution is 7.80. The number of hydrogen-bond donors (Lipinski definition) is 1. The van der Waals surface area contributed by atoms with E-state index < -0.39 is 5.41 Å². The molecule has 1 aliphatic rings. The second-order valence-electron chi connectivity index (χ2n) is 6.28. The summed E-state index contributed by atoms with van der Waals surface area (Å²) in [6, 6.07) is 0. The van der Waals surface area contributed by atoms with E-state index in [0.717, 1.165) is 32.2 Å². The van der Waals surface area contributed by atoms with Crippen molar-refractivity contribution in [2.75, 3.05) is 13.6 Å². The van der Waals surface area contributed by atoms with Gasteiger partial charge in [-0.25, -0.2) is 0 Å². The van der Waals surface area contributed by atoms with Gasteiger partial charge in [0.2, 0.25) is 5.91 Å². The monoisotopic (exact) mass is 298 g/mol. The van der Waals surface area contributed by atoms with Gasteiger partial charge in [-0.3, -0.25) is 4.79 Å². The maximum atomic E-state index is 12.9. The lowest BCUT2D eigenvalue weighted by molar-refractivity contribution is -0.138. The van der Waals surface area contributed by atoms with E-state index in [-0.39, 0.29) is 5.91 Å². The predicted molar refractivity (Wildman–Crippen MR) is 88.6 cm³/mol. The summed E-state index contributed by atoms with van der Waals surface area (Å²) in [6.45, 7) is 5.04.